The maximum absolute atomic E-state index is 12.9. The standard InChI is InChI=1S/C21H21N3O2/c1-26-19-11-5-10-18(13-19)24-21(25)20(17-8-3-2-4-9-17)23-15-16-7-6-12-22-14-16/h2-14,20,23H,15H2,1H3,(H,24,25). The maximum Gasteiger partial charge on any atom is 0.246 e. The van der Waals surface area contributed by atoms with Gasteiger partial charge in [0.05, 0.1) is 7.11 Å². The van der Waals surface area contributed by atoms with E-state index in [0.29, 0.717) is 18.0 Å². The number of anilines is 1. The highest BCUT2D eigenvalue weighted by Gasteiger charge is 2.20. The fourth-order valence-corrected chi connectivity index (χ4v) is 2.65. The number of nitrogens with one attached hydrogen (secondary N) is 2. The van der Waals surface area contributed by atoms with Crippen LogP contribution in [0.1, 0.15) is 17.2 Å². The first-order valence-corrected chi connectivity index (χ1v) is 8.38. The van der Waals surface area contributed by atoms with Gasteiger partial charge in [-0.2, -0.15) is 0 Å². The summed E-state index contributed by atoms with van der Waals surface area (Å²) in [5, 5.41) is 6.27. The Balaban J connectivity index is 1.76. The lowest BCUT2D eigenvalue weighted by Gasteiger charge is -2.19. The summed E-state index contributed by atoms with van der Waals surface area (Å²) < 4.78 is 5.21. The summed E-state index contributed by atoms with van der Waals surface area (Å²) in [4.78, 5) is 17.0. The molecule has 0 spiro atoms. The molecule has 5 nitrogen and oxygen atoms in total. The van der Waals surface area contributed by atoms with Crippen LogP contribution in [-0.4, -0.2) is 18.0 Å². The molecule has 1 amide bonds. The molecule has 3 rings (SSSR count). The zero-order valence-electron chi connectivity index (χ0n) is 14.6. The average Bonchev–Trinajstić information content (AvgIpc) is 2.70. The van der Waals surface area contributed by atoms with Gasteiger partial charge in [-0.15, -0.1) is 0 Å². The van der Waals surface area contributed by atoms with E-state index in [1.54, 1.807) is 25.6 Å². The molecule has 0 radical (unpaired) electrons. The van der Waals surface area contributed by atoms with E-state index in [9.17, 15) is 4.79 Å². The number of carbonyl (C=O) groups excluding carboxylic acids is 1. The number of rotatable bonds is 7. The number of hydrogen-bond donors (Lipinski definition) is 2. The second kappa shape index (κ2) is 8.78. The summed E-state index contributed by atoms with van der Waals surface area (Å²) in [7, 11) is 1.60. The number of pyridine rings is 1. The molecular formula is C21H21N3O2. The van der Waals surface area contributed by atoms with Crippen LogP contribution in [0.15, 0.2) is 79.1 Å². The quantitative estimate of drug-likeness (QED) is 0.686. The molecule has 1 unspecified atom stereocenters. The van der Waals surface area contributed by atoms with Crippen molar-refractivity contribution in [2.45, 2.75) is 12.6 Å². The van der Waals surface area contributed by atoms with Gasteiger partial charge in [0.2, 0.25) is 5.91 Å². The van der Waals surface area contributed by atoms with Gasteiger partial charge in [-0.1, -0.05) is 42.5 Å². The van der Waals surface area contributed by atoms with E-state index >= 15 is 0 Å². The first-order valence-electron chi connectivity index (χ1n) is 8.38. The number of carbonyl (C=O) groups is 1. The highest BCUT2D eigenvalue weighted by molar-refractivity contribution is 5.95. The number of ether oxygens (including phenoxy) is 1. The lowest BCUT2D eigenvalue weighted by Crippen LogP contribution is -2.32. The zero-order chi connectivity index (χ0) is 18.2. The van der Waals surface area contributed by atoms with Gasteiger partial charge in [-0.05, 0) is 29.3 Å². The molecule has 0 saturated carbocycles. The summed E-state index contributed by atoms with van der Waals surface area (Å²) in [5.74, 6) is 0.565. The van der Waals surface area contributed by atoms with Gasteiger partial charge in [0.25, 0.3) is 0 Å². The van der Waals surface area contributed by atoms with Crippen molar-refractivity contribution in [3.63, 3.8) is 0 Å². The van der Waals surface area contributed by atoms with Gasteiger partial charge in [0.15, 0.2) is 0 Å². The number of benzene rings is 2. The Morgan fingerprint density at radius 2 is 1.92 bits per heavy atom. The summed E-state index contributed by atoms with van der Waals surface area (Å²) in [6.45, 7) is 0.541. The summed E-state index contributed by atoms with van der Waals surface area (Å²) in [5.41, 5.74) is 2.61. The molecule has 3 aromatic rings. The molecule has 0 fully saturated rings. The number of hydrogen-bond acceptors (Lipinski definition) is 4. The molecule has 0 aliphatic carbocycles. The van der Waals surface area contributed by atoms with Crippen LogP contribution >= 0.6 is 0 Å². The molecule has 2 N–H and O–H groups in total. The molecule has 0 saturated heterocycles. The van der Waals surface area contributed by atoms with Gasteiger partial charge < -0.3 is 10.1 Å². The molecule has 0 aliphatic heterocycles. The molecule has 1 aromatic heterocycles. The van der Waals surface area contributed by atoms with Crippen LogP contribution in [0.4, 0.5) is 5.69 Å². The van der Waals surface area contributed by atoms with E-state index in [1.165, 1.54) is 0 Å². The molecule has 0 aliphatic rings. The number of nitrogens with zero attached hydrogens (tertiary/aromatic N) is 1. The Hall–Kier alpha value is -3.18. The smallest absolute Gasteiger partial charge is 0.246 e. The SMILES string of the molecule is COc1cccc(NC(=O)C(NCc2cccnc2)c2ccccc2)c1. The lowest BCUT2D eigenvalue weighted by molar-refractivity contribution is -0.118. The zero-order valence-corrected chi connectivity index (χ0v) is 14.6. The third-order valence-electron chi connectivity index (χ3n) is 3.97. The minimum atomic E-state index is -0.484. The van der Waals surface area contributed by atoms with Crippen LogP contribution in [0.25, 0.3) is 0 Å². The van der Waals surface area contributed by atoms with Crippen LogP contribution in [0.2, 0.25) is 0 Å². The van der Waals surface area contributed by atoms with Crippen molar-refractivity contribution in [1.29, 1.82) is 0 Å². The minimum Gasteiger partial charge on any atom is -0.497 e. The molecule has 5 heteroatoms. The summed E-state index contributed by atoms with van der Waals surface area (Å²) >= 11 is 0. The molecule has 0 bridgehead atoms. The van der Waals surface area contributed by atoms with Crippen molar-refractivity contribution >= 4 is 11.6 Å². The van der Waals surface area contributed by atoms with Crippen molar-refractivity contribution < 1.29 is 9.53 Å². The summed E-state index contributed by atoms with van der Waals surface area (Å²) in [6, 6.07) is 20.3. The second-order valence-corrected chi connectivity index (χ2v) is 5.81. The predicted molar refractivity (Wildman–Crippen MR) is 102 cm³/mol. The highest BCUT2D eigenvalue weighted by atomic mass is 16.5. The van der Waals surface area contributed by atoms with E-state index in [1.807, 2.05) is 60.7 Å². The molecule has 1 heterocycles. The van der Waals surface area contributed by atoms with Crippen molar-refractivity contribution in [3.05, 3.63) is 90.3 Å². The van der Waals surface area contributed by atoms with Gasteiger partial charge in [0.1, 0.15) is 11.8 Å². The maximum atomic E-state index is 12.9. The van der Waals surface area contributed by atoms with Gasteiger partial charge in [0, 0.05) is 30.7 Å². The van der Waals surface area contributed by atoms with Crippen molar-refractivity contribution in [2.24, 2.45) is 0 Å². The van der Waals surface area contributed by atoms with Crippen LogP contribution in [0, 0.1) is 0 Å². The first-order chi connectivity index (χ1) is 12.8. The monoisotopic (exact) mass is 347 g/mol. The molecule has 1 atom stereocenters. The highest BCUT2D eigenvalue weighted by Crippen LogP contribution is 2.20. The van der Waals surface area contributed by atoms with Crippen molar-refractivity contribution in [2.75, 3.05) is 12.4 Å². The van der Waals surface area contributed by atoms with Crippen LogP contribution in [0.5, 0.6) is 5.75 Å². The van der Waals surface area contributed by atoms with E-state index in [0.717, 1.165) is 11.1 Å². The normalized spacial score (nSPS) is 11.6. The fraction of sp³-hybridized carbons (Fsp3) is 0.143. The van der Waals surface area contributed by atoms with Crippen LogP contribution in [-0.2, 0) is 11.3 Å². The Bertz CT molecular complexity index is 838. The second-order valence-electron chi connectivity index (χ2n) is 5.81. The third kappa shape index (κ3) is 4.68. The number of aromatic nitrogens is 1. The first kappa shape index (κ1) is 17.6. The van der Waals surface area contributed by atoms with E-state index in [-0.39, 0.29) is 5.91 Å². The van der Waals surface area contributed by atoms with Gasteiger partial charge in [-0.25, -0.2) is 0 Å². The van der Waals surface area contributed by atoms with Gasteiger partial charge in [-0.3, -0.25) is 15.1 Å². The fourth-order valence-electron chi connectivity index (χ4n) is 2.65. The topological polar surface area (TPSA) is 63.2 Å². The van der Waals surface area contributed by atoms with Crippen molar-refractivity contribution in [1.82, 2.24) is 10.3 Å². The van der Waals surface area contributed by atoms with Crippen molar-refractivity contribution in [3.8, 4) is 5.75 Å². The van der Waals surface area contributed by atoms with Crippen LogP contribution < -0.4 is 15.4 Å². The van der Waals surface area contributed by atoms with Gasteiger partial charge >= 0.3 is 0 Å². The molecule has 26 heavy (non-hydrogen) atoms. The minimum absolute atomic E-state index is 0.131. The van der Waals surface area contributed by atoms with E-state index < -0.39 is 6.04 Å². The largest absolute Gasteiger partial charge is 0.497 e. The third-order valence-corrected chi connectivity index (χ3v) is 3.97. The molecule has 132 valence electrons. The Morgan fingerprint density at radius 3 is 2.65 bits per heavy atom. The summed E-state index contributed by atoms with van der Waals surface area (Å²) in [6.07, 6.45) is 3.52. The Morgan fingerprint density at radius 1 is 1.08 bits per heavy atom. The average molecular weight is 347 g/mol. The van der Waals surface area contributed by atoms with Crippen LogP contribution in [0.3, 0.4) is 0 Å². The van der Waals surface area contributed by atoms with E-state index in [2.05, 4.69) is 15.6 Å². The van der Waals surface area contributed by atoms with E-state index in [4.69, 9.17) is 4.74 Å². The molecular weight excluding hydrogens is 326 g/mol. The number of amides is 1. The Labute approximate surface area is 153 Å². The number of methoxy groups -OCH3 is 1. The molecule has 2 aromatic carbocycles. The lowest BCUT2D eigenvalue weighted by atomic mass is 10.1. The predicted octanol–water partition coefficient (Wildman–Crippen LogP) is 3.56. The Kier molecular flexibility index (Phi) is 5.96.